The van der Waals surface area contributed by atoms with E-state index in [4.69, 9.17) is 0 Å². The third-order valence-corrected chi connectivity index (χ3v) is 3.45. The predicted octanol–water partition coefficient (Wildman–Crippen LogP) is 1.02. The van der Waals surface area contributed by atoms with E-state index in [1.54, 1.807) is 0 Å². The van der Waals surface area contributed by atoms with E-state index in [2.05, 4.69) is 16.6 Å². The molecule has 0 amide bonds. The Morgan fingerprint density at radius 2 is 2.69 bits per heavy atom. The first kappa shape index (κ1) is 9.09. The fourth-order valence-electron chi connectivity index (χ4n) is 1.52. The number of thioether (sulfide) groups is 1. The number of rotatable bonds is 3. The summed E-state index contributed by atoms with van der Waals surface area (Å²) in [6.07, 6.45) is 5.30. The van der Waals surface area contributed by atoms with Gasteiger partial charge >= 0.3 is 0 Å². The van der Waals surface area contributed by atoms with Gasteiger partial charge in [0.15, 0.2) is 0 Å². The van der Waals surface area contributed by atoms with Gasteiger partial charge in [-0.3, -0.25) is 4.68 Å². The fourth-order valence-corrected chi connectivity index (χ4v) is 2.71. The van der Waals surface area contributed by atoms with Crippen molar-refractivity contribution in [3.63, 3.8) is 0 Å². The first-order valence-corrected chi connectivity index (χ1v) is 5.79. The second-order valence-electron chi connectivity index (χ2n) is 3.46. The molecule has 0 bridgehead atoms. The smallest absolute Gasteiger partial charge is 0.0534 e. The normalized spacial score (nSPS) is 22.4. The predicted molar refractivity (Wildman–Crippen MR) is 55.8 cm³/mol. The van der Waals surface area contributed by atoms with Gasteiger partial charge in [-0.15, -0.1) is 0 Å². The van der Waals surface area contributed by atoms with E-state index >= 15 is 0 Å². The van der Waals surface area contributed by atoms with Crippen LogP contribution in [0.3, 0.4) is 0 Å². The summed E-state index contributed by atoms with van der Waals surface area (Å²) in [6.45, 7) is 0.957. The quantitative estimate of drug-likeness (QED) is 0.784. The molecule has 1 N–H and O–H groups in total. The minimum absolute atomic E-state index is 0.713. The molecular formula is C9H15N3S. The Morgan fingerprint density at radius 3 is 3.31 bits per heavy atom. The van der Waals surface area contributed by atoms with Gasteiger partial charge in [-0.2, -0.15) is 16.9 Å². The van der Waals surface area contributed by atoms with Gasteiger partial charge in [0.05, 0.1) is 6.20 Å². The molecule has 0 spiro atoms. The fraction of sp³-hybridized carbons (Fsp3) is 0.667. The summed E-state index contributed by atoms with van der Waals surface area (Å²) in [6, 6.07) is 0.713. The van der Waals surface area contributed by atoms with Gasteiger partial charge in [-0.05, 0) is 12.2 Å². The lowest BCUT2D eigenvalue weighted by molar-refractivity contribution is 0.557. The number of aryl methyl sites for hydroxylation is 1. The van der Waals surface area contributed by atoms with Crippen LogP contribution in [0.15, 0.2) is 12.4 Å². The number of nitrogens with one attached hydrogen (secondary N) is 1. The maximum Gasteiger partial charge on any atom is 0.0534 e. The van der Waals surface area contributed by atoms with E-state index in [0.29, 0.717) is 6.04 Å². The Balaban J connectivity index is 1.78. The summed E-state index contributed by atoms with van der Waals surface area (Å²) in [7, 11) is 1.95. The molecule has 1 saturated heterocycles. The number of aromatic nitrogens is 2. The van der Waals surface area contributed by atoms with Gasteiger partial charge in [0, 0.05) is 37.1 Å². The maximum absolute atomic E-state index is 4.13. The van der Waals surface area contributed by atoms with Gasteiger partial charge in [0.1, 0.15) is 0 Å². The minimum Gasteiger partial charge on any atom is -0.309 e. The number of hydrogen-bond acceptors (Lipinski definition) is 3. The van der Waals surface area contributed by atoms with Gasteiger partial charge in [0.2, 0.25) is 0 Å². The molecule has 0 aromatic carbocycles. The van der Waals surface area contributed by atoms with Gasteiger partial charge in [-0.1, -0.05) is 0 Å². The molecule has 2 heterocycles. The van der Waals surface area contributed by atoms with Crippen LogP contribution in [0.1, 0.15) is 12.0 Å². The highest BCUT2D eigenvalue weighted by molar-refractivity contribution is 7.99. The third-order valence-electron chi connectivity index (χ3n) is 2.28. The molecule has 0 radical (unpaired) electrons. The van der Waals surface area contributed by atoms with E-state index < -0.39 is 0 Å². The Morgan fingerprint density at radius 1 is 1.77 bits per heavy atom. The van der Waals surface area contributed by atoms with Crippen molar-refractivity contribution in [3.05, 3.63) is 18.0 Å². The Labute approximate surface area is 82.9 Å². The summed E-state index contributed by atoms with van der Waals surface area (Å²) in [5, 5.41) is 7.67. The zero-order chi connectivity index (χ0) is 9.10. The van der Waals surface area contributed by atoms with Crippen molar-refractivity contribution in [2.75, 3.05) is 11.5 Å². The van der Waals surface area contributed by atoms with Crippen molar-refractivity contribution < 1.29 is 0 Å². The third kappa shape index (κ3) is 2.48. The van der Waals surface area contributed by atoms with Crippen molar-refractivity contribution in [1.29, 1.82) is 0 Å². The van der Waals surface area contributed by atoms with Crippen LogP contribution in [-0.2, 0) is 13.6 Å². The van der Waals surface area contributed by atoms with Crippen LogP contribution in [-0.4, -0.2) is 27.3 Å². The molecule has 1 atom stereocenters. The van der Waals surface area contributed by atoms with Crippen LogP contribution in [0, 0.1) is 0 Å². The van der Waals surface area contributed by atoms with E-state index in [1.165, 1.54) is 23.5 Å². The maximum atomic E-state index is 4.13. The Bertz CT molecular complexity index is 266. The highest BCUT2D eigenvalue weighted by atomic mass is 32.2. The molecule has 13 heavy (non-hydrogen) atoms. The van der Waals surface area contributed by atoms with Gasteiger partial charge in [-0.25, -0.2) is 0 Å². The molecule has 1 aromatic heterocycles. The molecule has 3 nitrogen and oxygen atoms in total. The molecule has 72 valence electrons. The Hall–Kier alpha value is -0.480. The standard InChI is InChI=1S/C9H15N3S/c1-12-6-8(5-11-12)4-10-9-2-3-13-7-9/h5-6,9-10H,2-4,7H2,1H3. The first-order valence-electron chi connectivity index (χ1n) is 4.63. The van der Waals surface area contributed by atoms with Crippen molar-refractivity contribution in [2.24, 2.45) is 7.05 Å². The lowest BCUT2D eigenvalue weighted by Gasteiger charge is -2.08. The molecule has 0 saturated carbocycles. The van der Waals surface area contributed by atoms with Crippen LogP contribution in [0.2, 0.25) is 0 Å². The average molecular weight is 197 g/mol. The number of nitrogens with zero attached hydrogens (tertiary/aromatic N) is 2. The lowest BCUT2D eigenvalue weighted by atomic mass is 10.2. The van der Waals surface area contributed by atoms with Crippen LogP contribution in [0.4, 0.5) is 0 Å². The Kier molecular flexibility index (Phi) is 2.90. The number of hydrogen-bond donors (Lipinski definition) is 1. The average Bonchev–Trinajstić information content (AvgIpc) is 2.71. The summed E-state index contributed by atoms with van der Waals surface area (Å²) < 4.78 is 1.85. The van der Waals surface area contributed by atoms with Crippen molar-refractivity contribution >= 4 is 11.8 Å². The highest BCUT2D eigenvalue weighted by Crippen LogP contribution is 2.17. The second-order valence-corrected chi connectivity index (χ2v) is 4.61. The van der Waals surface area contributed by atoms with Gasteiger partial charge < -0.3 is 5.32 Å². The molecular weight excluding hydrogens is 182 g/mol. The summed E-state index contributed by atoms with van der Waals surface area (Å²) >= 11 is 2.04. The first-order chi connectivity index (χ1) is 6.34. The molecule has 1 aromatic rings. The summed E-state index contributed by atoms with van der Waals surface area (Å²) in [5.41, 5.74) is 1.28. The van der Waals surface area contributed by atoms with Crippen LogP contribution >= 0.6 is 11.8 Å². The molecule has 1 unspecified atom stereocenters. The summed E-state index contributed by atoms with van der Waals surface area (Å²) in [5.74, 6) is 2.57. The zero-order valence-electron chi connectivity index (χ0n) is 7.86. The van der Waals surface area contributed by atoms with Crippen molar-refractivity contribution in [3.8, 4) is 0 Å². The van der Waals surface area contributed by atoms with Crippen LogP contribution < -0.4 is 5.32 Å². The molecule has 1 fully saturated rings. The zero-order valence-corrected chi connectivity index (χ0v) is 8.68. The van der Waals surface area contributed by atoms with Gasteiger partial charge in [0.25, 0.3) is 0 Å². The molecule has 1 aliphatic rings. The SMILES string of the molecule is Cn1cc(CNC2CCSC2)cn1. The lowest BCUT2D eigenvalue weighted by Crippen LogP contribution is -2.27. The van der Waals surface area contributed by atoms with E-state index in [-0.39, 0.29) is 0 Å². The second kappa shape index (κ2) is 4.15. The van der Waals surface area contributed by atoms with Crippen LogP contribution in [0.25, 0.3) is 0 Å². The summed E-state index contributed by atoms with van der Waals surface area (Å²) in [4.78, 5) is 0. The highest BCUT2D eigenvalue weighted by Gasteiger charge is 2.14. The van der Waals surface area contributed by atoms with Crippen molar-refractivity contribution in [2.45, 2.75) is 19.0 Å². The molecule has 1 aliphatic heterocycles. The van der Waals surface area contributed by atoms with Crippen molar-refractivity contribution in [1.82, 2.24) is 15.1 Å². The molecule has 2 rings (SSSR count). The molecule has 0 aliphatic carbocycles. The van der Waals surface area contributed by atoms with E-state index in [0.717, 1.165) is 6.54 Å². The minimum atomic E-state index is 0.713. The van der Waals surface area contributed by atoms with E-state index in [9.17, 15) is 0 Å². The van der Waals surface area contributed by atoms with Crippen LogP contribution in [0.5, 0.6) is 0 Å². The topological polar surface area (TPSA) is 29.9 Å². The molecule has 4 heteroatoms. The monoisotopic (exact) mass is 197 g/mol. The largest absolute Gasteiger partial charge is 0.309 e. The van der Waals surface area contributed by atoms with E-state index in [1.807, 2.05) is 29.7 Å².